The molecule has 4 rings (SSSR count). The number of nitrogens with zero attached hydrogens (tertiary/aromatic N) is 3. The second-order valence-corrected chi connectivity index (χ2v) is 8.63. The third kappa shape index (κ3) is 4.98. The highest BCUT2D eigenvalue weighted by molar-refractivity contribution is 5.78. The Labute approximate surface area is 195 Å². The van der Waals surface area contributed by atoms with Gasteiger partial charge < -0.3 is 10.1 Å². The smallest absolute Gasteiger partial charge is 0.329 e. The van der Waals surface area contributed by atoms with E-state index in [4.69, 9.17) is 4.74 Å². The first-order chi connectivity index (χ1) is 16.1. The van der Waals surface area contributed by atoms with E-state index in [9.17, 15) is 9.59 Å². The average molecular weight is 451 g/mol. The number of nitrogens with one attached hydrogen (secondary N) is 1. The van der Waals surface area contributed by atoms with Gasteiger partial charge in [0, 0.05) is 31.6 Å². The van der Waals surface area contributed by atoms with Crippen molar-refractivity contribution in [1.29, 1.82) is 0 Å². The van der Waals surface area contributed by atoms with Crippen molar-refractivity contribution in [2.24, 2.45) is 0 Å². The second kappa shape index (κ2) is 10.7. The van der Waals surface area contributed by atoms with Crippen LogP contribution in [0.1, 0.15) is 44.2 Å². The van der Waals surface area contributed by atoms with Gasteiger partial charge in [-0.3, -0.25) is 18.8 Å². The van der Waals surface area contributed by atoms with E-state index in [1.807, 2.05) is 42.5 Å². The van der Waals surface area contributed by atoms with Crippen LogP contribution in [0.4, 0.5) is 0 Å². The number of para-hydroxylation sites is 3. The molecule has 1 N–H and O–H groups in total. The fourth-order valence-electron chi connectivity index (χ4n) is 4.87. The largest absolute Gasteiger partial charge is 0.496 e. The Hall–Kier alpha value is -3.06. The topological polar surface area (TPSA) is 68.5 Å². The summed E-state index contributed by atoms with van der Waals surface area (Å²) in [5.41, 5.74) is 2.86. The standard InChI is InChI=1S/C26H34N4O3/c1-3-15-29-21-11-5-6-12-22(21)30(26(29)32)18-14-25(31)27-19-23(28-16-8-9-17-28)20-10-4-7-13-24(20)33-2/h4-7,10-13,23H,3,8-9,14-19H2,1-2H3,(H,27,31)/t23-/m1/s1. The highest BCUT2D eigenvalue weighted by atomic mass is 16.5. The molecule has 0 spiro atoms. The number of methoxy groups -OCH3 is 1. The van der Waals surface area contributed by atoms with E-state index in [1.165, 1.54) is 12.8 Å². The molecule has 7 nitrogen and oxygen atoms in total. The lowest BCUT2D eigenvalue weighted by molar-refractivity contribution is -0.121. The summed E-state index contributed by atoms with van der Waals surface area (Å²) in [6.07, 6.45) is 3.49. The Kier molecular flexibility index (Phi) is 7.50. The summed E-state index contributed by atoms with van der Waals surface area (Å²) < 4.78 is 9.12. The van der Waals surface area contributed by atoms with Crippen LogP contribution in [0.5, 0.6) is 5.75 Å². The molecule has 1 aliphatic rings. The number of ether oxygens (including phenoxy) is 1. The molecular formula is C26H34N4O3. The highest BCUT2D eigenvalue weighted by Crippen LogP contribution is 2.31. The molecule has 1 aromatic heterocycles. The Balaban J connectivity index is 1.45. The molecule has 3 aromatic rings. The number of likely N-dealkylation sites (tertiary alicyclic amines) is 1. The van der Waals surface area contributed by atoms with Gasteiger partial charge in [0.15, 0.2) is 0 Å². The molecule has 1 amide bonds. The monoisotopic (exact) mass is 450 g/mol. The molecule has 1 aliphatic heterocycles. The first kappa shape index (κ1) is 23.1. The number of aryl methyl sites for hydroxylation is 2. The first-order valence-corrected chi connectivity index (χ1v) is 12.0. The van der Waals surface area contributed by atoms with Crippen molar-refractivity contribution in [1.82, 2.24) is 19.4 Å². The molecule has 1 fully saturated rings. The third-order valence-corrected chi connectivity index (χ3v) is 6.51. The molecule has 0 bridgehead atoms. The van der Waals surface area contributed by atoms with Crippen LogP contribution in [-0.4, -0.2) is 46.7 Å². The van der Waals surface area contributed by atoms with Gasteiger partial charge in [-0.25, -0.2) is 4.79 Å². The molecule has 2 aromatic carbocycles. The van der Waals surface area contributed by atoms with Crippen molar-refractivity contribution in [3.63, 3.8) is 0 Å². The van der Waals surface area contributed by atoms with Crippen LogP contribution in [-0.2, 0) is 17.9 Å². The molecule has 176 valence electrons. The van der Waals surface area contributed by atoms with Gasteiger partial charge in [-0.05, 0) is 50.6 Å². The minimum absolute atomic E-state index is 0.0465. The molecule has 1 saturated heterocycles. The molecule has 0 unspecified atom stereocenters. The Morgan fingerprint density at radius 3 is 2.30 bits per heavy atom. The molecule has 33 heavy (non-hydrogen) atoms. The van der Waals surface area contributed by atoms with Crippen LogP contribution in [0.15, 0.2) is 53.3 Å². The van der Waals surface area contributed by atoms with Crippen molar-refractivity contribution >= 4 is 16.9 Å². The molecule has 2 heterocycles. The van der Waals surface area contributed by atoms with Gasteiger partial charge in [0.05, 0.1) is 24.2 Å². The summed E-state index contributed by atoms with van der Waals surface area (Å²) in [4.78, 5) is 28.2. The van der Waals surface area contributed by atoms with Crippen molar-refractivity contribution in [2.75, 3.05) is 26.7 Å². The van der Waals surface area contributed by atoms with Crippen LogP contribution in [0.2, 0.25) is 0 Å². The van der Waals surface area contributed by atoms with Gasteiger partial charge in [0.1, 0.15) is 5.75 Å². The van der Waals surface area contributed by atoms with E-state index >= 15 is 0 Å². The van der Waals surface area contributed by atoms with Crippen molar-refractivity contribution in [3.8, 4) is 5.75 Å². The van der Waals surface area contributed by atoms with Gasteiger partial charge in [-0.1, -0.05) is 37.3 Å². The van der Waals surface area contributed by atoms with Gasteiger partial charge in [0.2, 0.25) is 5.91 Å². The zero-order valence-electron chi connectivity index (χ0n) is 19.6. The van der Waals surface area contributed by atoms with Crippen LogP contribution in [0, 0.1) is 0 Å². The Morgan fingerprint density at radius 2 is 1.64 bits per heavy atom. The van der Waals surface area contributed by atoms with E-state index in [-0.39, 0.29) is 24.1 Å². The zero-order chi connectivity index (χ0) is 23.2. The summed E-state index contributed by atoms with van der Waals surface area (Å²) in [6, 6.07) is 15.9. The van der Waals surface area contributed by atoms with E-state index in [2.05, 4.69) is 23.2 Å². The lowest BCUT2D eigenvalue weighted by Crippen LogP contribution is -2.37. The zero-order valence-corrected chi connectivity index (χ0v) is 19.6. The molecule has 7 heteroatoms. The molecule has 1 atom stereocenters. The van der Waals surface area contributed by atoms with Crippen LogP contribution in [0.3, 0.4) is 0 Å². The number of hydrogen-bond acceptors (Lipinski definition) is 4. The van der Waals surface area contributed by atoms with Gasteiger partial charge >= 0.3 is 5.69 Å². The predicted molar refractivity (Wildman–Crippen MR) is 131 cm³/mol. The number of amides is 1. The summed E-state index contributed by atoms with van der Waals surface area (Å²) in [5, 5.41) is 3.12. The molecular weight excluding hydrogens is 416 g/mol. The number of fused-ring (bicyclic) bond motifs is 1. The van der Waals surface area contributed by atoms with Crippen molar-refractivity contribution in [3.05, 3.63) is 64.6 Å². The van der Waals surface area contributed by atoms with Crippen molar-refractivity contribution in [2.45, 2.75) is 51.7 Å². The Morgan fingerprint density at radius 1 is 1.00 bits per heavy atom. The Bertz CT molecular complexity index is 1140. The number of aromatic nitrogens is 2. The summed E-state index contributed by atoms with van der Waals surface area (Å²) in [5.74, 6) is 0.798. The fourth-order valence-corrected chi connectivity index (χ4v) is 4.87. The lowest BCUT2D eigenvalue weighted by atomic mass is 10.0. The SMILES string of the molecule is CCCn1c(=O)n(CCC(=O)NC[C@H](c2ccccc2OC)N2CCCC2)c2ccccc21. The minimum atomic E-state index is -0.0479. The maximum Gasteiger partial charge on any atom is 0.329 e. The second-order valence-electron chi connectivity index (χ2n) is 8.63. The maximum absolute atomic E-state index is 13.0. The number of imidazole rings is 1. The molecule has 0 saturated carbocycles. The quantitative estimate of drug-likeness (QED) is 0.513. The first-order valence-electron chi connectivity index (χ1n) is 12.0. The normalized spacial score (nSPS) is 15.1. The highest BCUT2D eigenvalue weighted by Gasteiger charge is 2.26. The summed E-state index contributed by atoms with van der Waals surface area (Å²) >= 11 is 0. The minimum Gasteiger partial charge on any atom is -0.496 e. The van der Waals surface area contributed by atoms with Crippen LogP contribution >= 0.6 is 0 Å². The number of rotatable bonds is 10. The van der Waals surface area contributed by atoms with Gasteiger partial charge in [-0.2, -0.15) is 0 Å². The summed E-state index contributed by atoms with van der Waals surface area (Å²) in [6.45, 7) is 5.66. The number of carbonyl (C=O) groups is 1. The fraction of sp³-hybridized carbons (Fsp3) is 0.462. The maximum atomic E-state index is 13.0. The average Bonchev–Trinajstić information content (AvgIpc) is 3.46. The van der Waals surface area contributed by atoms with E-state index in [0.29, 0.717) is 19.6 Å². The van der Waals surface area contributed by atoms with E-state index in [0.717, 1.165) is 41.9 Å². The van der Waals surface area contributed by atoms with Crippen molar-refractivity contribution < 1.29 is 9.53 Å². The van der Waals surface area contributed by atoms with Crippen LogP contribution < -0.4 is 15.7 Å². The van der Waals surface area contributed by atoms with Crippen LogP contribution in [0.25, 0.3) is 11.0 Å². The number of hydrogen-bond donors (Lipinski definition) is 1. The van der Waals surface area contributed by atoms with Gasteiger partial charge in [-0.15, -0.1) is 0 Å². The van der Waals surface area contributed by atoms with E-state index < -0.39 is 0 Å². The van der Waals surface area contributed by atoms with E-state index in [1.54, 1.807) is 16.2 Å². The summed E-state index contributed by atoms with van der Waals surface area (Å²) in [7, 11) is 1.69. The number of carbonyl (C=O) groups excluding carboxylic acids is 1. The third-order valence-electron chi connectivity index (χ3n) is 6.51. The lowest BCUT2D eigenvalue weighted by Gasteiger charge is -2.29. The molecule has 0 radical (unpaired) electrons. The van der Waals surface area contributed by atoms with Gasteiger partial charge in [0.25, 0.3) is 0 Å². The number of benzene rings is 2. The molecule has 0 aliphatic carbocycles. The predicted octanol–water partition coefficient (Wildman–Crippen LogP) is 3.57.